The highest BCUT2D eigenvalue weighted by Crippen LogP contribution is 2.17. The second kappa shape index (κ2) is 5.35. The summed E-state index contributed by atoms with van der Waals surface area (Å²) < 4.78 is 5.26. The van der Waals surface area contributed by atoms with Gasteiger partial charge in [-0.25, -0.2) is 0 Å². The molecule has 1 aromatic heterocycles. The van der Waals surface area contributed by atoms with Crippen molar-refractivity contribution in [2.75, 3.05) is 0 Å². The molecule has 0 aliphatic carbocycles. The number of aromatic nitrogens is 2. The number of nitrogens with one attached hydrogen (secondary N) is 1. The number of hydrogen-bond donors (Lipinski definition) is 1. The van der Waals surface area contributed by atoms with E-state index in [9.17, 15) is 0 Å². The summed E-state index contributed by atoms with van der Waals surface area (Å²) in [7, 11) is 0. The highest BCUT2D eigenvalue weighted by atomic mass is 35.5. The topological polar surface area (TPSA) is 51.0 Å². The van der Waals surface area contributed by atoms with E-state index in [0.29, 0.717) is 23.2 Å². The van der Waals surface area contributed by atoms with Crippen LogP contribution in [-0.2, 0) is 6.42 Å². The molecule has 2 heterocycles. The summed E-state index contributed by atoms with van der Waals surface area (Å²) in [6.07, 6.45) is 6.15. The maximum absolute atomic E-state index is 5.85. The highest BCUT2D eigenvalue weighted by Gasteiger charge is 2.11. The molecule has 0 unspecified atom stereocenters. The molecule has 1 N–H and O–H groups in total. The van der Waals surface area contributed by atoms with Crippen molar-refractivity contribution < 1.29 is 4.52 Å². The number of allylic oxidation sites excluding steroid dienone is 3. The van der Waals surface area contributed by atoms with Crippen molar-refractivity contribution in [2.24, 2.45) is 0 Å². The number of nitrogens with zero attached hydrogens (tertiary/aromatic N) is 2. The van der Waals surface area contributed by atoms with Crippen LogP contribution in [0.5, 0.6) is 0 Å². The van der Waals surface area contributed by atoms with Crippen molar-refractivity contribution in [2.45, 2.75) is 6.42 Å². The summed E-state index contributed by atoms with van der Waals surface area (Å²) in [5.74, 6) is 1.13. The normalized spacial score (nSPS) is 14.1. The predicted molar refractivity (Wildman–Crippen MR) is 77.9 cm³/mol. The molecule has 4 nitrogen and oxygen atoms in total. The fraction of sp³-hybridized carbons (Fsp3) is 0.0667. The van der Waals surface area contributed by atoms with Crippen LogP contribution < -0.4 is 5.32 Å². The van der Waals surface area contributed by atoms with Crippen molar-refractivity contribution in [3.63, 3.8) is 0 Å². The Bertz CT molecular complexity index is 698. The lowest BCUT2D eigenvalue weighted by Gasteiger charge is -2.06. The van der Waals surface area contributed by atoms with Gasteiger partial charge in [-0.05, 0) is 29.8 Å². The maximum atomic E-state index is 5.85. The third-order valence-corrected chi connectivity index (χ3v) is 3.12. The van der Waals surface area contributed by atoms with Crippen LogP contribution in [0.25, 0.3) is 5.57 Å². The van der Waals surface area contributed by atoms with Crippen molar-refractivity contribution in [1.82, 2.24) is 15.5 Å². The molecule has 0 bridgehead atoms. The molecule has 3 rings (SSSR count). The van der Waals surface area contributed by atoms with E-state index in [2.05, 4.69) is 22.0 Å². The molecule has 0 amide bonds. The molecule has 5 heteroatoms. The van der Waals surface area contributed by atoms with Gasteiger partial charge in [-0.15, -0.1) is 0 Å². The van der Waals surface area contributed by atoms with E-state index in [-0.39, 0.29) is 0 Å². The smallest absolute Gasteiger partial charge is 0.231 e. The minimum Gasteiger partial charge on any atom is -0.361 e. The zero-order chi connectivity index (χ0) is 13.9. The molecule has 0 spiro atoms. The van der Waals surface area contributed by atoms with Gasteiger partial charge >= 0.3 is 0 Å². The summed E-state index contributed by atoms with van der Waals surface area (Å²) in [4.78, 5) is 4.38. The molecule has 0 saturated heterocycles. The Morgan fingerprint density at radius 1 is 1.20 bits per heavy atom. The van der Waals surface area contributed by atoms with E-state index in [1.165, 1.54) is 0 Å². The van der Waals surface area contributed by atoms with Crippen molar-refractivity contribution in [3.05, 3.63) is 77.2 Å². The summed E-state index contributed by atoms with van der Waals surface area (Å²) >= 11 is 5.85. The van der Waals surface area contributed by atoms with Gasteiger partial charge in [0.2, 0.25) is 11.7 Å². The fourth-order valence-electron chi connectivity index (χ4n) is 1.82. The zero-order valence-electron chi connectivity index (χ0n) is 10.6. The summed E-state index contributed by atoms with van der Waals surface area (Å²) in [6, 6.07) is 7.57. The Kier molecular flexibility index (Phi) is 3.39. The van der Waals surface area contributed by atoms with Crippen molar-refractivity contribution in [1.29, 1.82) is 0 Å². The summed E-state index contributed by atoms with van der Waals surface area (Å²) in [5.41, 5.74) is 2.77. The quantitative estimate of drug-likeness (QED) is 0.940. The van der Waals surface area contributed by atoms with Crippen LogP contribution in [0.3, 0.4) is 0 Å². The van der Waals surface area contributed by atoms with E-state index in [4.69, 9.17) is 16.1 Å². The lowest BCUT2D eigenvalue weighted by molar-refractivity contribution is 0.383. The van der Waals surface area contributed by atoms with Crippen LogP contribution in [0.2, 0.25) is 5.02 Å². The Morgan fingerprint density at radius 3 is 2.70 bits per heavy atom. The van der Waals surface area contributed by atoms with Crippen molar-refractivity contribution in [3.8, 4) is 0 Å². The van der Waals surface area contributed by atoms with Gasteiger partial charge in [-0.2, -0.15) is 4.98 Å². The third-order valence-electron chi connectivity index (χ3n) is 2.87. The molecule has 0 atom stereocenters. The number of benzene rings is 1. The van der Waals surface area contributed by atoms with Gasteiger partial charge in [0.25, 0.3) is 0 Å². The first-order valence-corrected chi connectivity index (χ1v) is 6.49. The maximum Gasteiger partial charge on any atom is 0.231 e. The Hall–Kier alpha value is -2.33. The van der Waals surface area contributed by atoms with Gasteiger partial charge in [-0.1, -0.05) is 35.5 Å². The summed E-state index contributed by atoms with van der Waals surface area (Å²) in [6.45, 7) is 3.79. The molecular weight excluding hydrogens is 274 g/mol. The van der Waals surface area contributed by atoms with Crippen LogP contribution >= 0.6 is 11.6 Å². The van der Waals surface area contributed by atoms with Crippen LogP contribution in [0, 0.1) is 0 Å². The number of rotatable bonds is 3. The molecular formula is C15H12ClN3O. The molecule has 1 aliphatic heterocycles. The number of hydrogen-bond acceptors (Lipinski definition) is 4. The van der Waals surface area contributed by atoms with Crippen molar-refractivity contribution >= 4 is 17.2 Å². The van der Waals surface area contributed by atoms with Crippen LogP contribution in [-0.4, -0.2) is 10.1 Å². The van der Waals surface area contributed by atoms with E-state index >= 15 is 0 Å². The first-order chi connectivity index (χ1) is 9.70. The minimum absolute atomic E-state index is 0.560. The Labute approximate surface area is 121 Å². The van der Waals surface area contributed by atoms with Crippen LogP contribution in [0.15, 0.2) is 59.4 Å². The van der Waals surface area contributed by atoms with Gasteiger partial charge in [0, 0.05) is 22.5 Å². The second-order valence-electron chi connectivity index (χ2n) is 4.42. The van der Waals surface area contributed by atoms with Crippen LogP contribution in [0.4, 0.5) is 0 Å². The number of halogens is 1. The molecule has 0 saturated carbocycles. The first kappa shape index (κ1) is 12.7. The number of dihydropyridines is 1. The molecule has 1 aliphatic rings. The molecule has 100 valence electrons. The van der Waals surface area contributed by atoms with Gasteiger partial charge < -0.3 is 9.84 Å². The molecule has 0 fully saturated rings. The van der Waals surface area contributed by atoms with Gasteiger partial charge in [-0.3, -0.25) is 0 Å². The predicted octanol–water partition coefficient (Wildman–Crippen LogP) is 3.33. The first-order valence-electron chi connectivity index (χ1n) is 6.12. The van der Waals surface area contributed by atoms with E-state index in [0.717, 1.165) is 16.8 Å². The molecule has 0 radical (unpaired) electrons. The Morgan fingerprint density at radius 2 is 2.00 bits per heavy atom. The third kappa shape index (κ3) is 2.81. The van der Waals surface area contributed by atoms with E-state index < -0.39 is 0 Å². The lowest BCUT2D eigenvalue weighted by Crippen LogP contribution is -2.06. The monoisotopic (exact) mass is 285 g/mol. The summed E-state index contributed by atoms with van der Waals surface area (Å²) in [5, 5.41) is 7.71. The SMILES string of the molecule is C=C1C=CC(c2noc(Cc3ccc(Cl)cc3)n2)=CN1. The highest BCUT2D eigenvalue weighted by molar-refractivity contribution is 6.30. The van der Waals surface area contributed by atoms with E-state index in [1.807, 2.05) is 36.4 Å². The largest absolute Gasteiger partial charge is 0.361 e. The zero-order valence-corrected chi connectivity index (χ0v) is 11.4. The van der Waals surface area contributed by atoms with E-state index in [1.54, 1.807) is 6.20 Å². The minimum atomic E-state index is 0.560. The molecule has 1 aromatic carbocycles. The van der Waals surface area contributed by atoms with Gasteiger partial charge in [0.05, 0.1) is 6.42 Å². The van der Waals surface area contributed by atoms with Crippen LogP contribution in [0.1, 0.15) is 17.3 Å². The standard InChI is InChI=1S/C15H12ClN3O/c1-10-2-5-12(9-17-10)15-18-14(20-19-15)8-11-3-6-13(16)7-4-11/h2-7,9,17H,1,8H2. The van der Waals surface area contributed by atoms with Gasteiger partial charge in [0.1, 0.15) is 0 Å². The average Bonchev–Trinajstić information content (AvgIpc) is 2.91. The molecule has 2 aromatic rings. The second-order valence-corrected chi connectivity index (χ2v) is 4.85. The van der Waals surface area contributed by atoms with Gasteiger partial charge in [0.15, 0.2) is 0 Å². The Balaban J connectivity index is 1.75. The fourth-order valence-corrected chi connectivity index (χ4v) is 1.94. The lowest BCUT2D eigenvalue weighted by atomic mass is 10.1. The molecule has 20 heavy (non-hydrogen) atoms. The average molecular weight is 286 g/mol.